The Balaban J connectivity index is 1.85. The van der Waals surface area contributed by atoms with E-state index in [1.807, 2.05) is 5.38 Å². The van der Waals surface area contributed by atoms with Gasteiger partial charge in [0.2, 0.25) is 5.91 Å². The molecule has 1 heterocycles. The molecule has 0 saturated heterocycles. The molecule has 19 heavy (non-hydrogen) atoms. The van der Waals surface area contributed by atoms with Gasteiger partial charge >= 0.3 is 5.97 Å². The zero-order chi connectivity index (χ0) is 14.2. The number of rotatable bonds is 4. The highest BCUT2D eigenvalue weighted by Gasteiger charge is 2.48. The number of hydrogen-bond acceptors (Lipinski definition) is 4. The third kappa shape index (κ3) is 3.32. The molecule has 2 N–H and O–H groups in total. The number of nitrogens with one attached hydrogen (secondary N) is 1. The second-order valence-electron chi connectivity index (χ2n) is 5.88. The molecule has 104 valence electrons. The monoisotopic (exact) mass is 282 g/mol. The Morgan fingerprint density at radius 1 is 1.47 bits per heavy atom. The van der Waals surface area contributed by atoms with E-state index >= 15 is 0 Å². The number of nitrogens with zero attached hydrogens (tertiary/aromatic N) is 1. The molecule has 5 nitrogen and oxygen atoms in total. The summed E-state index contributed by atoms with van der Waals surface area (Å²) in [5.41, 5.74) is 1.01. The first-order valence-corrected chi connectivity index (χ1v) is 7.12. The van der Waals surface area contributed by atoms with Crippen molar-refractivity contribution in [1.29, 1.82) is 0 Å². The summed E-state index contributed by atoms with van der Waals surface area (Å²) in [6, 6.07) is 0. The van der Waals surface area contributed by atoms with E-state index in [2.05, 4.69) is 31.1 Å². The predicted octanol–water partition coefficient (Wildman–Crippen LogP) is 1.78. The summed E-state index contributed by atoms with van der Waals surface area (Å²) in [5.74, 6) is -1.93. The molecular weight excluding hydrogens is 264 g/mol. The summed E-state index contributed by atoms with van der Waals surface area (Å²) in [6.45, 7) is 6.65. The maximum atomic E-state index is 11.7. The second kappa shape index (κ2) is 4.92. The summed E-state index contributed by atoms with van der Waals surface area (Å²) in [4.78, 5) is 26.8. The highest BCUT2D eigenvalue weighted by atomic mass is 32.1. The molecule has 1 amide bonds. The van der Waals surface area contributed by atoms with Gasteiger partial charge in [0.1, 0.15) is 5.01 Å². The summed E-state index contributed by atoms with van der Waals surface area (Å²) in [5, 5.41) is 14.4. The molecule has 0 spiro atoms. The van der Waals surface area contributed by atoms with Crippen LogP contribution in [0.5, 0.6) is 0 Å². The second-order valence-corrected chi connectivity index (χ2v) is 6.82. The normalized spacial score (nSPS) is 22.1. The van der Waals surface area contributed by atoms with Gasteiger partial charge in [-0.2, -0.15) is 0 Å². The van der Waals surface area contributed by atoms with E-state index < -0.39 is 11.9 Å². The van der Waals surface area contributed by atoms with Crippen LogP contribution in [0.25, 0.3) is 0 Å². The molecule has 0 aliphatic heterocycles. The third-order valence-electron chi connectivity index (χ3n) is 3.18. The Labute approximate surface area is 116 Å². The van der Waals surface area contributed by atoms with Crippen LogP contribution in [0.15, 0.2) is 5.38 Å². The standard InChI is InChI=1S/C13H18N2O3S/c1-13(2,3)9-6-19-10(15-9)5-14-11(16)7-4-8(7)12(17)18/h6-8H,4-5H2,1-3H3,(H,14,16)(H,17,18)/t7-,8-/m0/s1. The fourth-order valence-electron chi connectivity index (χ4n) is 1.79. The van der Waals surface area contributed by atoms with Gasteiger partial charge < -0.3 is 10.4 Å². The minimum absolute atomic E-state index is 0.00363. The molecule has 0 bridgehead atoms. The molecule has 1 aromatic heterocycles. The van der Waals surface area contributed by atoms with Crippen molar-refractivity contribution in [2.45, 2.75) is 39.2 Å². The number of aromatic nitrogens is 1. The minimum Gasteiger partial charge on any atom is -0.481 e. The van der Waals surface area contributed by atoms with E-state index in [4.69, 9.17) is 5.11 Å². The quantitative estimate of drug-likeness (QED) is 0.882. The van der Waals surface area contributed by atoms with Crippen molar-refractivity contribution < 1.29 is 14.7 Å². The van der Waals surface area contributed by atoms with Crippen molar-refractivity contribution in [3.63, 3.8) is 0 Å². The molecule has 2 rings (SSSR count). The largest absolute Gasteiger partial charge is 0.481 e. The van der Waals surface area contributed by atoms with Crippen LogP contribution in [0.4, 0.5) is 0 Å². The molecular formula is C13H18N2O3S. The van der Waals surface area contributed by atoms with E-state index in [9.17, 15) is 9.59 Å². The maximum absolute atomic E-state index is 11.7. The van der Waals surface area contributed by atoms with Crippen LogP contribution in [-0.4, -0.2) is 22.0 Å². The number of carboxylic acid groups (broad SMARTS) is 1. The summed E-state index contributed by atoms with van der Waals surface area (Å²) in [7, 11) is 0. The molecule has 0 aromatic carbocycles. The summed E-state index contributed by atoms with van der Waals surface area (Å²) < 4.78 is 0. The number of carbonyl (C=O) groups is 2. The van der Waals surface area contributed by atoms with Crippen LogP contribution in [0.1, 0.15) is 37.9 Å². The molecule has 1 fully saturated rings. The fraction of sp³-hybridized carbons (Fsp3) is 0.615. The van der Waals surface area contributed by atoms with Gasteiger partial charge in [-0.25, -0.2) is 4.98 Å². The van der Waals surface area contributed by atoms with Crippen LogP contribution >= 0.6 is 11.3 Å². The van der Waals surface area contributed by atoms with Crippen LogP contribution in [0.3, 0.4) is 0 Å². The van der Waals surface area contributed by atoms with E-state index in [0.717, 1.165) is 10.7 Å². The molecule has 2 atom stereocenters. The number of thiazole rings is 1. The van der Waals surface area contributed by atoms with Crippen molar-refractivity contribution >= 4 is 23.2 Å². The van der Waals surface area contributed by atoms with Gasteiger partial charge in [0.05, 0.1) is 24.1 Å². The Bertz CT molecular complexity index is 504. The lowest BCUT2D eigenvalue weighted by Gasteiger charge is -2.14. The zero-order valence-electron chi connectivity index (χ0n) is 11.3. The Morgan fingerprint density at radius 2 is 2.16 bits per heavy atom. The Morgan fingerprint density at radius 3 is 2.63 bits per heavy atom. The van der Waals surface area contributed by atoms with Crippen LogP contribution in [0, 0.1) is 11.8 Å². The Kier molecular flexibility index (Phi) is 3.62. The first-order chi connectivity index (χ1) is 8.79. The number of aliphatic carboxylic acids is 1. The molecule has 1 aromatic rings. The molecule has 1 aliphatic rings. The van der Waals surface area contributed by atoms with Gasteiger partial charge in [-0.1, -0.05) is 20.8 Å². The lowest BCUT2D eigenvalue weighted by Crippen LogP contribution is -2.26. The molecule has 1 aliphatic carbocycles. The first kappa shape index (κ1) is 14.0. The topological polar surface area (TPSA) is 79.3 Å². The van der Waals surface area contributed by atoms with Crippen LogP contribution in [-0.2, 0) is 21.5 Å². The number of hydrogen-bond donors (Lipinski definition) is 2. The highest BCUT2D eigenvalue weighted by molar-refractivity contribution is 7.09. The molecule has 0 radical (unpaired) electrons. The smallest absolute Gasteiger partial charge is 0.307 e. The van der Waals surface area contributed by atoms with Gasteiger partial charge in [-0.05, 0) is 6.42 Å². The number of amides is 1. The summed E-state index contributed by atoms with van der Waals surface area (Å²) in [6.07, 6.45) is 0.451. The van der Waals surface area contributed by atoms with Crippen LogP contribution in [0.2, 0.25) is 0 Å². The van der Waals surface area contributed by atoms with E-state index in [-0.39, 0.29) is 17.2 Å². The molecule has 0 unspecified atom stereocenters. The molecule has 1 saturated carbocycles. The van der Waals surface area contributed by atoms with Crippen molar-refractivity contribution in [2.24, 2.45) is 11.8 Å². The van der Waals surface area contributed by atoms with E-state index in [1.54, 1.807) is 0 Å². The van der Waals surface area contributed by atoms with Gasteiger partial charge in [0.15, 0.2) is 0 Å². The number of carbonyl (C=O) groups excluding carboxylic acids is 1. The first-order valence-electron chi connectivity index (χ1n) is 6.24. The van der Waals surface area contributed by atoms with E-state index in [1.165, 1.54) is 11.3 Å². The highest BCUT2D eigenvalue weighted by Crippen LogP contribution is 2.38. The zero-order valence-corrected chi connectivity index (χ0v) is 12.1. The van der Waals surface area contributed by atoms with Gasteiger partial charge in [-0.3, -0.25) is 9.59 Å². The van der Waals surface area contributed by atoms with Gasteiger partial charge in [0.25, 0.3) is 0 Å². The minimum atomic E-state index is -0.885. The molecule has 6 heteroatoms. The van der Waals surface area contributed by atoms with Gasteiger partial charge in [0, 0.05) is 10.8 Å². The van der Waals surface area contributed by atoms with E-state index in [0.29, 0.717) is 13.0 Å². The average Bonchev–Trinajstić information content (AvgIpc) is 2.96. The van der Waals surface area contributed by atoms with Gasteiger partial charge in [-0.15, -0.1) is 11.3 Å². The predicted molar refractivity (Wildman–Crippen MR) is 71.9 cm³/mol. The Hall–Kier alpha value is -1.43. The van der Waals surface area contributed by atoms with Crippen molar-refractivity contribution in [2.75, 3.05) is 0 Å². The maximum Gasteiger partial charge on any atom is 0.307 e. The SMILES string of the molecule is CC(C)(C)c1csc(CNC(=O)[C@H]2C[C@@H]2C(=O)O)n1. The summed E-state index contributed by atoms with van der Waals surface area (Å²) >= 11 is 1.52. The average molecular weight is 282 g/mol. The van der Waals surface area contributed by atoms with Crippen LogP contribution < -0.4 is 5.32 Å². The number of carboxylic acids is 1. The van der Waals surface area contributed by atoms with Crippen molar-refractivity contribution in [3.05, 3.63) is 16.1 Å². The van der Waals surface area contributed by atoms with Crippen molar-refractivity contribution in [3.8, 4) is 0 Å². The lowest BCUT2D eigenvalue weighted by atomic mass is 9.93. The lowest BCUT2D eigenvalue weighted by molar-refractivity contribution is -0.140. The fourth-order valence-corrected chi connectivity index (χ4v) is 2.75. The van der Waals surface area contributed by atoms with Crippen molar-refractivity contribution in [1.82, 2.24) is 10.3 Å². The third-order valence-corrected chi connectivity index (χ3v) is 4.03.